The van der Waals surface area contributed by atoms with Gasteiger partial charge in [0.1, 0.15) is 0 Å². The zero-order valence-electron chi connectivity index (χ0n) is 10.3. The molecule has 0 spiro atoms. The fourth-order valence-corrected chi connectivity index (χ4v) is 4.64. The van der Waals surface area contributed by atoms with Crippen molar-refractivity contribution in [1.82, 2.24) is 5.32 Å². The van der Waals surface area contributed by atoms with Crippen molar-refractivity contribution in [2.75, 3.05) is 11.5 Å². The summed E-state index contributed by atoms with van der Waals surface area (Å²) in [4.78, 5) is 0. The minimum Gasteiger partial charge on any atom is -0.310 e. The van der Waals surface area contributed by atoms with Crippen LogP contribution in [0.5, 0.6) is 0 Å². The highest BCUT2D eigenvalue weighted by Crippen LogP contribution is 2.30. The third kappa shape index (κ3) is 2.98. The monoisotopic (exact) mass is 245 g/mol. The van der Waals surface area contributed by atoms with Crippen LogP contribution < -0.4 is 5.32 Å². The largest absolute Gasteiger partial charge is 0.310 e. The van der Waals surface area contributed by atoms with E-state index in [1.165, 1.54) is 19.3 Å². The molecule has 1 saturated heterocycles. The molecule has 94 valence electrons. The number of nitrogens with one attached hydrogen (secondary N) is 1. The summed E-state index contributed by atoms with van der Waals surface area (Å²) in [5, 5.41) is 3.55. The molecule has 1 heterocycles. The smallest absolute Gasteiger partial charge is 0.151 e. The summed E-state index contributed by atoms with van der Waals surface area (Å²) in [5.74, 6) is 2.33. The van der Waals surface area contributed by atoms with Crippen LogP contribution >= 0.6 is 0 Å². The molecule has 0 amide bonds. The molecular weight excluding hydrogens is 222 g/mol. The summed E-state index contributed by atoms with van der Waals surface area (Å²) >= 11 is 0. The van der Waals surface area contributed by atoms with Gasteiger partial charge in [0.05, 0.1) is 11.5 Å². The van der Waals surface area contributed by atoms with Crippen molar-refractivity contribution < 1.29 is 8.42 Å². The van der Waals surface area contributed by atoms with Crippen molar-refractivity contribution >= 4 is 9.84 Å². The van der Waals surface area contributed by atoms with Crippen LogP contribution in [-0.4, -0.2) is 32.0 Å². The molecule has 16 heavy (non-hydrogen) atoms. The normalized spacial score (nSPS) is 43.4. The van der Waals surface area contributed by atoms with E-state index in [2.05, 4.69) is 19.2 Å². The van der Waals surface area contributed by atoms with Crippen molar-refractivity contribution in [3.05, 3.63) is 0 Å². The molecule has 1 saturated carbocycles. The van der Waals surface area contributed by atoms with Crippen LogP contribution in [0.25, 0.3) is 0 Å². The van der Waals surface area contributed by atoms with E-state index >= 15 is 0 Å². The lowest BCUT2D eigenvalue weighted by atomic mass is 9.79. The molecule has 4 atom stereocenters. The minimum atomic E-state index is -2.73. The van der Waals surface area contributed by atoms with Gasteiger partial charge >= 0.3 is 0 Å². The quantitative estimate of drug-likeness (QED) is 0.803. The van der Waals surface area contributed by atoms with Crippen LogP contribution in [0.3, 0.4) is 0 Å². The second kappa shape index (κ2) is 4.65. The molecular formula is C12H23NO2S. The van der Waals surface area contributed by atoms with Gasteiger partial charge in [-0.2, -0.15) is 0 Å². The lowest BCUT2D eigenvalue weighted by molar-refractivity contribution is 0.217. The molecule has 0 unspecified atom stereocenters. The molecule has 2 fully saturated rings. The Morgan fingerprint density at radius 3 is 2.31 bits per heavy atom. The molecule has 0 aromatic heterocycles. The number of sulfone groups is 1. The van der Waals surface area contributed by atoms with E-state index in [1.807, 2.05) is 0 Å². The van der Waals surface area contributed by atoms with Crippen LogP contribution in [0.4, 0.5) is 0 Å². The van der Waals surface area contributed by atoms with Crippen LogP contribution in [0.1, 0.15) is 39.5 Å². The van der Waals surface area contributed by atoms with Crippen LogP contribution in [-0.2, 0) is 9.84 Å². The first-order valence-corrected chi connectivity index (χ1v) is 8.25. The predicted octanol–water partition coefficient (Wildman–Crippen LogP) is 1.59. The average molecular weight is 245 g/mol. The van der Waals surface area contributed by atoms with E-state index in [-0.39, 0.29) is 6.04 Å². The number of rotatable bonds is 2. The fraction of sp³-hybridized carbons (Fsp3) is 1.00. The lowest BCUT2D eigenvalue weighted by Crippen LogP contribution is -2.42. The molecule has 0 bridgehead atoms. The summed E-state index contributed by atoms with van der Waals surface area (Å²) in [6.45, 7) is 4.63. The Bertz CT molecular complexity index is 339. The molecule has 4 heteroatoms. The van der Waals surface area contributed by atoms with Gasteiger partial charge in [-0.05, 0) is 37.5 Å². The lowest BCUT2D eigenvalue weighted by Gasteiger charge is -2.34. The zero-order chi connectivity index (χ0) is 11.8. The Labute approximate surface area is 98.9 Å². The molecule has 1 aliphatic carbocycles. The molecule has 0 aromatic rings. The summed E-state index contributed by atoms with van der Waals surface area (Å²) in [5.41, 5.74) is 0. The number of hydrogen-bond donors (Lipinski definition) is 1. The van der Waals surface area contributed by atoms with Crippen LogP contribution in [0, 0.1) is 11.8 Å². The van der Waals surface area contributed by atoms with Gasteiger partial charge in [-0.25, -0.2) is 8.42 Å². The van der Waals surface area contributed by atoms with E-state index in [4.69, 9.17) is 0 Å². The Morgan fingerprint density at radius 1 is 1.00 bits per heavy atom. The van der Waals surface area contributed by atoms with Gasteiger partial charge in [0, 0.05) is 12.1 Å². The molecule has 2 rings (SSSR count). The van der Waals surface area contributed by atoms with Gasteiger partial charge in [-0.3, -0.25) is 0 Å². The molecule has 2 aliphatic rings. The van der Waals surface area contributed by atoms with Crippen molar-refractivity contribution in [2.45, 2.75) is 51.6 Å². The Morgan fingerprint density at radius 2 is 1.75 bits per heavy atom. The van der Waals surface area contributed by atoms with E-state index in [9.17, 15) is 8.42 Å². The van der Waals surface area contributed by atoms with E-state index < -0.39 is 9.84 Å². The van der Waals surface area contributed by atoms with Gasteiger partial charge in [-0.1, -0.05) is 13.8 Å². The highest BCUT2D eigenvalue weighted by atomic mass is 32.2. The summed E-state index contributed by atoms with van der Waals surface area (Å²) in [7, 11) is -2.73. The predicted molar refractivity (Wildman–Crippen MR) is 66.2 cm³/mol. The maximum atomic E-state index is 11.4. The van der Waals surface area contributed by atoms with E-state index in [1.54, 1.807) is 0 Å². The Hall–Kier alpha value is -0.0900. The molecule has 0 aromatic carbocycles. The Kier molecular flexibility index (Phi) is 3.59. The van der Waals surface area contributed by atoms with Gasteiger partial charge < -0.3 is 5.32 Å². The van der Waals surface area contributed by atoms with Gasteiger partial charge in [0.2, 0.25) is 0 Å². The summed E-state index contributed by atoms with van der Waals surface area (Å²) in [6.07, 6.45) is 4.50. The minimum absolute atomic E-state index is 0.218. The van der Waals surface area contributed by atoms with Gasteiger partial charge in [0.25, 0.3) is 0 Å². The van der Waals surface area contributed by atoms with Gasteiger partial charge in [-0.15, -0.1) is 0 Å². The average Bonchev–Trinajstić information content (AvgIpc) is 2.52. The summed E-state index contributed by atoms with van der Waals surface area (Å²) < 4.78 is 22.7. The molecule has 0 radical (unpaired) electrons. The first-order chi connectivity index (χ1) is 7.46. The summed E-state index contributed by atoms with van der Waals surface area (Å²) in [6, 6.07) is 0.764. The SMILES string of the molecule is C[C@@H]1CC[C@H](N[C@@H]2CCS(=O)(=O)C2)C[C@@H]1C. The van der Waals surface area contributed by atoms with Gasteiger partial charge in [0.15, 0.2) is 9.84 Å². The van der Waals surface area contributed by atoms with E-state index in [0.29, 0.717) is 17.5 Å². The fourth-order valence-electron chi connectivity index (χ4n) is 2.96. The molecule has 1 N–H and O–H groups in total. The zero-order valence-corrected chi connectivity index (χ0v) is 11.1. The van der Waals surface area contributed by atoms with Crippen LogP contribution in [0.15, 0.2) is 0 Å². The second-order valence-corrected chi connectivity index (χ2v) is 7.96. The third-order valence-electron chi connectivity index (χ3n) is 4.30. The van der Waals surface area contributed by atoms with Crippen molar-refractivity contribution in [1.29, 1.82) is 0 Å². The van der Waals surface area contributed by atoms with Crippen molar-refractivity contribution in [3.8, 4) is 0 Å². The topological polar surface area (TPSA) is 46.2 Å². The molecule has 3 nitrogen and oxygen atoms in total. The first-order valence-electron chi connectivity index (χ1n) is 6.43. The molecule has 1 aliphatic heterocycles. The van der Waals surface area contributed by atoms with Crippen molar-refractivity contribution in [2.24, 2.45) is 11.8 Å². The highest BCUT2D eigenvalue weighted by molar-refractivity contribution is 7.91. The second-order valence-electron chi connectivity index (χ2n) is 5.73. The number of hydrogen-bond acceptors (Lipinski definition) is 3. The maximum absolute atomic E-state index is 11.4. The Balaban J connectivity index is 1.83. The third-order valence-corrected chi connectivity index (χ3v) is 6.07. The standard InChI is InChI=1S/C12H23NO2S/c1-9-3-4-11(7-10(9)2)13-12-5-6-16(14,15)8-12/h9-13H,3-8H2,1-2H3/t9-,10+,11+,12-/m1/s1. The van der Waals surface area contributed by atoms with Crippen molar-refractivity contribution in [3.63, 3.8) is 0 Å². The van der Waals surface area contributed by atoms with Crippen LogP contribution in [0.2, 0.25) is 0 Å². The van der Waals surface area contributed by atoms with E-state index in [0.717, 1.165) is 18.3 Å². The highest BCUT2D eigenvalue weighted by Gasteiger charge is 2.31. The maximum Gasteiger partial charge on any atom is 0.151 e. The first kappa shape index (κ1) is 12.4.